The van der Waals surface area contributed by atoms with E-state index in [0.717, 1.165) is 64.7 Å². The zero-order chi connectivity index (χ0) is 16.4. The largest absolute Gasteiger partial charge is 0.366 e. The van der Waals surface area contributed by atoms with Gasteiger partial charge >= 0.3 is 0 Å². The number of quaternary nitrogens is 1. The van der Waals surface area contributed by atoms with Crippen molar-refractivity contribution < 1.29 is 14.2 Å². The molecule has 0 radical (unpaired) electrons. The summed E-state index contributed by atoms with van der Waals surface area (Å²) < 4.78 is 14.5. The Morgan fingerprint density at radius 1 is 1.13 bits per heavy atom. The van der Waals surface area contributed by atoms with Crippen molar-refractivity contribution in [1.82, 2.24) is 0 Å². The third kappa shape index (κ3) is 3.24. The van der Waals surface area contributed by atoms with Gasteiger partial charge in [0.25, 0.3) is 5.69 Å². The highest BCUT2D eigenvalue weighted by molar-refractivity contribution is 5.71. The maximum atomic E-state index is 14.5. The number of nitro benzene ring substituents is 1. The number of nitrogens with zero attached hydrogens (tertiary/aromatic N) is 3. The maximum Gasteiger partial charge on any atom is 0.295 e. The number of likely N-dealkylation sites (N-methyl/N-ethyl adjacent to an activating group) is 1. The number of nitrogens with one attached hydrogen (secondary N) is 1. The monoisotopic (exact) mass is 323 g/mol. The first kappa shape index (κ1) is 16.0. The Hall–Kier alpha value is -1.89. The number of halogens is 1. The van der Waals surface area contributed by atoms with Crippen LogP contribution in [0.1, 0.15) is 19.8 Å². The normalized spacial score (nSPS) is 19.4. The molecule has 23 heavy (non-hydrogen) atoms. The molecule has 0 atom stereocenters. The van der Waals surface area contributed by atoms with E-state index in [1.807, 2.05) is 9.80 Å². The molecule has 2 aliphatic rings. The van der Waals surface area contributed by atoms with Crippen LogP contribution in [0.5, 0.6) is 0 Å². The Morgan fingerprint density at radius 2 is 1.74 bits per heavy atom. The molecule has 0 aliphatic carbocycles. The molecule has 1 aromatic rings. The molecule has 6 nitrogen and oxygen atoms in total. The van der Waals surface area contributed by atoms with Crippen LogP contribution in [-0.4, -0.2) is 50.7 Å². The molecule has 2 fully saturated rings. The number of hydrogen-bond donors (Lipinski definition) is 1. The van der Waals surface area contributed by atoms with E-state index < -0.39 is 10.7 Å². The zero-order valence-electron chi connectivity index (χ0n) is 13.6. The van der Waals surface area contributed by atoms with Gasteiger partial charge in [-0.05, 0) is 25.8 Å². The quantitative estimate of drug-likeness (QED) is 0.665. The van der Waals surface area contributed by atoms with E-state index in [1.165, 1.54) is 4.90 Å². The Bertz CT molecular complexity index is 582. The number of benzene rings is 1. The summed E-state index contributed by atoms with van der Waals surface area (Å²) in [6.07, 6.45) is 2.06. The maximum absolute atomic E-state index is 14.5. The zero-order valence-corrected chi connectivity index (χ0v) is 13.6. The highest BCUT2D eigenvalue weighted by atomic mass is 19.1. The molecule has 1 N–H and O–H groups in total. The van der Waals surface area contributed by atoms with Crippen molar-refractivity contribution in [2.75, 3.05) is 55.6 Å². The van der Waals surface area contributed by atoms with Gasteiger partial charge in [0.2, 0.25) is 0 Å². The van der Waals surface area contributed by atoms with Gasteiger partial charge in [0.1, 0.15) is 5.69 Å². The summed E-state index contributed by atoms with van der Waals surface area (Å²) >= 11 is 0. The lowest BCUT2D eigenvalue weighted by Crippen LogP contribution is -3.14. The van der Waals surface area contributed by atoms with Crippen molar-refractivity contribution in [3.8, 4) is 0 Å². The number of nitro groups is 1. The standard InChI is InChI=1S/C16H23FN4O2/c1-2-18-7-9-20(10-8-18)14-12-15(19-5-3-4-6-19)16(21(22)23)11-13(14)17/h11-12H,2-10H2,1H3/p+1. The molecule has 2 heterocycles. The van der Waals surface area contributed by atoms with Gasteiger partial charge in [-0.2, -0.15) is 0 Å². The minimum Gasteiger partial charge on any atom is -0.366 e. The second kappa shape index (κ2) is 6.70. The van der Waals surface area contributed by atoms with E-state index in [9.17, 15) is 14.5 Å². The van der Waals surface area contributed by atoms with Gasteiger partial charge in [-0.3, -0.25) is 10.1 Å². The molecule has 0 amide bonds. The summed E-state index contributed by atoms with van der Waals surface area (Å²) in [5.74, 6) is -0.486. The SMILES string of the molecule is CC[NH+]1CCN(c2cc(N3CCCC3)c([N+](=O)[O-])cc2F)CC1. The summed E-state index contributed by atoms with van der Waals surface area (Å²) in [4.78, 5) is 16.4. The predicted molar refractivity (Wildman–Crippen MR) is 88.0 cm³/mol. The summed E-state index contributed by atoms with van der Waals surface area (Å²) in [6.45, 7) is 8.38. The molecule has 0 unspecified atom stereocenters. The predicted octanol–water partition coefficient (Wildman–Crippen LogP) is 1.06. The first-order chi connectivity index (χ1) is 11.1. The van der Waals surface area contributed by atoms with Gasteiger partial charge in [-0.15, -0.1) is 0 Å². The molecular formula is C16H24FN4O2+. The van der Waals surface area contributed by atoms with E-state index in [-0.39, 0.29) is 5.69 Å². The van der Waals surface area contributed by atoms with Crippen molar-refractivity contribution in [2.24, 2.45) is 0 Å². The van der Waals surface area contributed by atoms with Gasteiger partial charge in [-0.1, -0.05) is 0 Å². The highest BCUT2D eigenvalue weighted by Crippen LogP contribution is 2.36. The molecule has 0 spiro atoms. The van der Waals surface area contributed by atoms with Gasteiger partial charge in [0.15, 0.2) is 5.82 Å². The molecule has 1 aromatic carbocycles. The number of rotatable bonds is 4. The summed E-state index contributed by atoms with van der Waals surface area (Å²) in [5, 5.41) is 11.3. The topological polar surface area (TPSA) is 54.1 Å². The van der Waals surface area contributed by atoms with Crippen LogP contribution in [0.15, 0.2) is 12.1 Å². The average molecular weight is 323 g/mol. The molecule has 7 heteroatoms. The second-order valence-electron chi connectivity index (χ2n) is 6.33. The van der Waals surface area contributed by atoms with Crippen LogP contribution in [0, 0.1) is 15.9 Å². The van der Waals surface area contributed by atoms with E-state index >= 15 is 0 Å². The van der Waals surface area contributed by atoms with Crippen molar-refractivity contribution in [3.05, 3.63) is 28.1 Å². The van der Waals surface area contributed by atoms with Gasteiger partial charge < -0.3 is 14.7 Å². The first-order valence-corrected chi connectivity index (χ1v) is 8.41. The molecule has 3 rings (SSSR count). The van der Waals surface area contributed by atoms with Crippen molar-refractivity contribution in [2.45, 2.75) is 19.8 Å². The Kier molecular flexibility index (Phi) is 4.66. The number of anilines is 2. The molecule has 0 bridgehead atoms. The van der Waals surface area contributed by atoms with Crippen molar-refractivity contribution in [3.63, 3.8) is 0 Å². The fourth-order valence-corrected chi connectivity index (χ4v) is 3.56. The van der Waals surface area contributed by atoms with Crippen molar-refractivity contribution >= 4 is 17.1 Å². The highest BCUT2D eigenvalue weighted by Gasteiger charge is 2.28. The van der Waals surface area contributed by atoms with Crippen LogP contribution >= 0.6 is 0 Å². The molecule has 0 saturated carbocycles. The van der Waals surface area contributed by atoms with Crippen LogP contribution in [0.4, 0.5) is 21.5 Å². The van der Waals surface area contributed by atoms with Gasteiger partial charge in [0.05, 0.1) is 49.4 Å². The van der Waals surface area contributed by atoms with Crippen LogP contribution in [0.25, 0.3) is 0 Å². The summed E-state index contributed by atoms with van der Waals surface area (Å²) in [7, 11) is 0. The van der Waals surface area contributed by atoms with Crippen LogP contribution in [0.2, 0.25) is 0 Å². The van der Waals surface area contributed by atoms with Gasteiger partial charge in [-0.25, -0.2) is 4.39 Å². The average Bonchev–Trinajstić information content (AvgIpc) is 3.09. The van der Waals surface area contributed by atoms with Crippen LogP contribution < -0.4 is 14.7 Å². The van der Waals surface area contributed by atoms with E-state index in [0.29, 0.717) is 11.4 Å². The van der Waals surface area contributed by atoms with Gasteiger partial charge in [0, 0.05) is 13.1 Å². The second-order valence-corrected chi connectivity index (χ2v) is 6.33. The summed E-state index contributed by atoms with van der Waals surface area (Å²) in [6, 6.07) is 2.79. The van der Waals surface area contributed by atoms with E-state index in [2.05, 4.69) is 6.92 Å². The first-order valence-electron chi connectivity index (χ1n) is 8.41. The lowest BCUT2D eigenvalue weighted by Gasteiger charge is -2.33. The van der Waals surface area contributed by atoms with Crippen LogP contribution in [-0.2, 0) is 0 Å². The smallest absolute Gasteiger partial charge is 0.295 e. The lowest BCUT2D eigenvalue weighted by atomic mass is 10.1. The Balaban J connectivity index is 1.91. The Morgan fingerprint density at radius 3 is 2.30 bits per heavy atom. The molecule has 126 valence electrons. The minimum atomic E-state index is -0.486. The third-order valence-corrected chi connectivity index (χ3v) is 5.00. The van der Waals surface area contributed by atoms with E-state index in [1.54, 1.807) is 6.07 Å². The van der Waals surface area contributed by atoms with Crippen molar-refractivity contribution in [1.29, 1.82) is 0 Å². The fraction of sp³-hybridized carbons (Fsp3) is 0.625. The molecule has 2 aliphatic heterocycles. The number of hydrogen-bond acceptors (Lipinski definition) is 4. The van der Waals surface area contributed by atoms with Crippen LogP contribution in [0.3, 0.4) is 0 Å². The number of piperazine rings is 1. The lowest BCUT2D eigenvalue weighted by molar-refractivity contribution is -0.898. The molecular weight excluding hydrogens is 299 g/mol. The minimum absolute atomic E-state index is 0.119. The summed E-state index contributed by atoms with van der Waals surface area (Å²) in [5.41, 5.74) is 0.952. The molecule has 0 aromatic heterocycles. The van der Waals surface area contributed by atoms with E-state index in [4.69, 9.17) is 0 Å². The third-order valence-electron chi connectivity index (χ3n) is 5.00. The Labute approximate surface area is 135 Å². The molecule has 2 saturated heterocycles. The fourth-order valence-electron chi connectivity index (χ4n) is 3.56.